The van der Waals surface area contributed by atoms with E-state index < -0.39 is 24.6 Å². The first-order valence-corrected chi connectivity index (χ1v) is 5.51. The van der Waals surface area contributed by atoms with Crippen molar-refractivity contribution < 1.29 is 19.8 Å². The van der Waals surface area contributed by atoms with Crippen molar-refractivity contribution in [3.8, 4) is 0 Å². The van der Waals surface area contributed by atoms with Gasteiger partial charge in [-0.3, -0.25) is 0 Å². The Labute approximate surface area is 94.0 Å². The van der Waals surface area contributed by atoms with Crippen LogP contribution in [-0.4, -0.2) is 41.4 Å². The van der Waals surface area contributed by atoms with Gasteiger partial charge in [0.05, 0.1) is 6.61 Å². The quantitative estimate of drug-likeness (QED) is 0.513. The number of aliphatic hydroxyl groups is 1. The zero-order valence-corrected chi connectivity index (χ0v) is 9.11. The van der Waals surface area contributed by atoms with Crippen molar-refractivity contribution in [2.75, 3.05) is 13.2 Å². The minimum Gasteiger partial charge on any atom is -0.480 e. The van der Waals surface area contributed by atoms with E-state index in [1.54, 1.807) is 0 Å². The lowest BCUT2D eigenvalue weighted by molar-refractivity contribution is -0.140. The molecule has 0 aliphatic heterocycles. The van der Waals surface area contributed by atoms with E-state index >= 15 is 0 Å². The van der Waals surface area contributed by atoms with E-state index in [2.05, 4.69) is 10.6 Å². The number of carboxylic acid groups (broad SMARTS) is 1. The molecule has 1 saturated carbocycles. The highest BCUT2D eigenvalue weighted by atomic mass is 16.4. The number of aliphatic carboxylic acids is 1. The van der Waals surface area contributed by atoms with Gasteiger partial charge in [-0.2, -0.15) is 0 Å². The normalized spacial score (nSPS) is 17.3. The molecule has 0 aromatic carbocycles. The first kappa shape index (κ1) is 12.8. The first-order chi connectivity index (χ1) is 7.63. The van der Waals surface area contributed by atoms with E-state index in [1.165, 1.54) is 19.3 Å². The summed E-state index contributed by atoms with van der Waals surface area (Å²) in [5, 5.41) is 22.0. The second kappa shape index (κ2) is 6.32. The fourth-order valence-corrected chi connectivity index (χ4v) is 1.57. The van der Waals surface area contributed by atoms with E-state index in [0.29, 0.717) is 12.5 Å². The third kappa shape index (κ3) is 4.06. The molecular weight excluding hydrogens is 212 g/mol. The maximum absolute atomic E-state index is 11.2. The third-order valence-electron chi connectivity index (χ3n) is 2.85. The van der Waals surface area contributed by atoms with Gasteiger partial charge in [0.1, 0.15) is 0 Å². The fraction of sp³-hybridized carbons (Fsp3) is 0.800. The number of hydrogen-bond acceptors (Lipinski definition) is 3. The summed E-state index contributed by atoms with van der Waals surface area (Å²) in [4.78, 5) is 21.7. The van der Waals surface area contributed by atoms with Crippen LogP contribution in [0.3, 0.4) is 0 Å². The Morgan fingerprint density at radius 2 is 2.06 bits per heavy atom. The van der Waals surface area contributed by atoms with Crippen LogP contribution in [0.1, 0.15) is 25.7 Å². The molecule has 6 heteroatoms. The predicted molar refractivity (Wildman–Crippen MR) is 57.0 cm³/mol. The van der Waals surface area contributed by atoms with Crippen molar-refractivity contribution >= 4 is 12.0 Å². The SMILES string of the molecule is O=C(NCCC1CCC1)N[C@@H](CO)C(=O)O. The summed E-state index contributed by atoms with van der Waals surface area (Å²) < 4.78 is 0. The Balaban J connectivity index is 2.11. The lowest BCUT2D eigenvalue weighted by Crippen LogP contribution is -2.48. The number of aliphatic hydroxyl groups excluding tert-OH is 1. The second-order valence-corrected chi connectivity index (χ2v) is 4.06. The van der Waals surface area contributed by atoms with Crippen LogP contribution in [0.2, 0.25) is 0 Å². The van der Waals surface area contributed by atoms with Crippen LogP contribution >= 0.6 is 0 Å². The number of rotatable bonds is 6. The van der Waals surface area contributed by atoms with Crippen molar-refractivity contribution in [2.24, 2.45) is 5.92 Å². The van der Waals surface area contributed by atoms with Crippen LogP contribution in [0.15, 0.2) is 0 Å². The lowest BCUT2D eigenvalue weighted by Gasteiger charge is -2.25. The first-order valence-electron chi connectivity index (χ1n) is 5.51. The molecule has 92 valence electrons. The van der Waals surface area contributed by atoms with Crippen LogP contribution in [0.5, 0.6) is 0 Å². The Morgan fingerprint density at radius 3 is 2.50 bits per heavy atom. The van der Waals surface area contributed by atoms with Gasteiger partial charge in [0, 0.05) is 6.54 Å². The van der Waals surface area contributed by atoms with Gasteiger partial charge in [-0.1, -0.05) is 19.3 Å². The van der Waals surface area contributed by atoms with E-state index in [0.717, 1.165) is 6.42 Å². The van der Waals surface area contributed by atoms with Gasteiger partial charge >= 0.3 is 12.0 Å². The Hall–Kier alpha value is -1.30. The molecule has 0 saturated heterocycles. The molecule has 0 aromatic heterocycles. The van der Waals surface area contributed by atoms with Gasteiger partial charge in [-0.05, 0) is 12.3 Å². The highest BCUT2D eigenvalue weighted by Gasteiger charge is 2.19. The Bertz CT molecular complexity index is 253. The van der Waals surface area contributed by atoms with Crippen LogP contribution < -0.4 is 10.6 Å². The van der Waals surface area contributed by atoms with Crippen LogP contribution in [0, 0.1) is 5.92 Å². The van der Waals surface area contributed by atoms with Crippen molar-refractivity contribution in [3.63, 3.8) is 0 Å². The largest absolute Gasteiger partial charge is 0.480 e. The zero-order chi connectivity index (χ0) is 12.0. The van der Waals surface area contributed by atoms with Crippen molar-refractivity contribution in [3.05, 3.63) is 0 Å². The molecule has 6 nitrogen and oxygen atoms in total. The maximum Gasteiger partial charge on any atom is 0.328 e. The van der Waals surface area contributed by atoms with E-state index in [-0.39, 0.29) is 0 Å². The molecule has 1 aliphatic carbocycles. The van der Waals surface area contributed by atoms with Gasteiger partial charge in [0.2, 0.25) is 0 Å². The number of urea groups is 1. The summed E-state index contributed by atoms with van der Waals surface area (Å²) in [5.74, 6) is -0.537. The average molecular weight is 230 g/mol. The molecule has 0 unspecified atom stereocenters. The summed E-state index contributed by atoms with van der Waals surface area (Å²) in [6, 6.07) is -1.77. The number of carbonyl (C=O) groups is 2. The van der Waals surface area contributed by atoms with Gasteiger partial charge in [0.15, 0.2) is 6.04 Å². The van der Waals surface area contributed by atoms with E-state index in [4.69, 9.17) is 10.2 Å². The third-order valence-corrected chi connectivity index (χ3v) is 2.85. The second-order valence-electron chi connectivity index (χ2n) is 4.06. The van der Waals surface area contributed by atoms with Gasteiger partial charge < -0.3 is 20.8 Å². The molecule has 4 N–H and O–H groups in total. The van der Waals surface area contributed by atoms with Crippen LogP contribution in [0.4, 0.5) is 4.79 Å². The van der Waals surface area contributed by atoms with E-state index in [9.17, 15) is 9.59 Å². The molecule has 0 bridgehead atoms. The molecule has 1 rings (SSSR count). The topological polar surface area (TPSA) is 98.7 Å². The Kier molecular flexibility index (Phi) is 5.04. The zero-order valence-electron chi connectivity index (χ0n) is 9.11. The van der Waals surface area contributed by atoms with E-state index in [1.807, 2.05) is 0 Å². The smallest absolute Gasteiger partial charge is 0.328 e. The monoisotopic (exact) mass is 230 g/mol. The lowest BCUT2D eigenvalue weighted by atomic mass is 9.83. The Morgan fingerprint density at radius 1 is 1.38 bits per heavy atom. The number of carbonyl (C=O) groups excluding carboxylic acids is 1. The van der Waals surface area contributed by atoms with Crippen molar-refractivity contribution in [2.45, 2.75) is 31.7 Å². The van der Waals surface area contributed by atoms with Crippen molar-refractivity contribution in [1.29, 1.82) is 0 Å². The summed E-state index contributed by atoms with van der Waals surface area (Å²) in [5.41, 5.74) is 0. The molecule has 0 aromatic rings. The van der Waals surface area contributed by atoms with Crippen molar-refractivity contribution in [1.82, 2.24) is 10.6 Å². The molecule has 1 aliphatic rings. The summed E-state index contributed by atoms with van der Waals surface area (Å²) in [6.45, 7) is -0.0559. The minimum atomic E-state index is -1.24. The van der Waals surface area contributed by atoms with Crippen LogP contribution in [0.25, 0.3) is 0 Å². The highest BCUT2D eigenvalue weighted by Crippen LogP contribution is 2.28. The molecule has 1 atom stereocenters. The number of hydrogen-bond donors (Lipinski definition) is 4. The highest BCUT2D eigenvalue weighted by molar-refractivity contribution is 5.82. The van der Waals surface area contributed by atoms with Gasteiger partial charge in [-0.15, -0.1) is 0 Å². The maximum atomic E-state index is 11.2. The molecule has 1 fully saturated rings. The summed E-state index contributed by atoms with van der Waals surface area (Å²) >= 11 is 0. The van der Waals surface area contributed by atoms with Crippen LogP contribution in [-0.2, 0) is 4.79 Å². The molecule has 0 heterocycles. The van der Waals surface area contributed by atoms with Gasteiger partial charge in [-0.25, -0.2) is 9.59 Å². The molecule has 16 heavy (non-hydrogen) atoms. The summed E-state index contributed by atoms with van der Waals surface area (Å²) in [7, 11) is 0. The molecular formula is C10H18N2O4. The predicted octanol–water partition coefficient (Wildman–Crippen LogP) is -0.0787. The minimum absolute atomic E-state index is 0.541. The average Bonchev–Trinajstić information content (AvgIpc) is 2.17. The number of nitrogens with one attached hydrogen (secondary N) is 2. The fourth-order valence-electron chi connectivity index (χ4n) is 1.57. The summed E-state index contributed by atoms with van der Waals surface area (Å²) in [6.07, 6.45) is 4.64. The molecule has 2 amide bonds. The van der Waals surface area contributed by atoms with Gasteiger partial charge in [0.25, 0.3) is 0 Å². The molecule has 0 spiro atoms. The number of amides is 2. The number of carboxylic acids is 1. The standard InChI is InChI=1S/C10H18N2O4/c13-6-8(9(14)15)12-10(16)11-5-4-7-2-1-3-7/h7-8,13H,1-6H2,(H,14,15)(H2,11,12,16)/t8-/m0/s1. The molecule has 0 radical (unpaired) electrons.